The van der Waals surface area contributed by atoms with Crippen LogP contribution in [-0.4, -0.2) is 43.6 Å². The molecule has 1 aliphatic heterocycles. The van der Waals surface area contributed by atoms with Gasteiger partial charge in [-0.05, 0) is 30.9 Å². The summed E-state index contributed by atoms with van der Waals surface area (Å²) in [6, 6.07) is 0. The van der Waals surface area contributed by atoms with Gasteiger partial charge in [-0.3, -0.25) is 9.59 Å². The van der Waals surface area contributed by atoms with Crippen molar-refractivity contribution < 1.29 is 28.6 Å². The largest absolute Gasteiger partial charge is 0.461 e. The van der Waals surface area contributed by atoms with Crippen molar-refractivity contribution in [2.45, 2.75) is 51.7 Å². The third-order valence-electron chi connectivity index (χ3n) is 5.33. The molecule has 0 amide bonds. The second-order valence-electron chi connectivity index (χ2n) is 7.16. The molecule has 0 N–H and O–H groups in total. The van der Waals surface area contributed by atoms with Gasteiger partial charge in [0.1, 0.15) is 12.7 Å². The van der Waals surface area contributed by atoms with Crippen LogP contribution in [0.2, 0.25) is 0 Å². The highest BCUT2D eigenvalue weighted by Crippen LogP contribution is 2.34. The Morgan fingerprint density at radius 2 is 2.04 bits per heavy atom. The second-order valence-corrected chi connectivity index (χ2v) is 7.16. The van der Waals surface area contributed by atoms with Gasteiger partial charge >= 0.3 is 11.9 Å². The number of carbonyl (C=O) groups is 3. The standard InChI is InChI=1S/C21H28O6/c1-6-12(2)20(23)26-11-15-7-8-18(25-5)14(4)17(22)10-16-13(3)21(24)27-19(16)9-15/h9,12,16,18-19H,3-4,6-8,10-11H2,1-2,5H3/t12?,16-,18-,19+/m0/s1. The Balaban J connectivity index is 2.26. The monoisotopic (exact) mass is 376 g/mol. The first-order chi connectivity index (χ1) is 12.8. The first kappa shape index (κ1) is 21.1. The summed E-state index contributed by atoms with van der Waals surface area (Å²) in [5, 5.41) is 0. The number of carbonyl (C=O) groups excluding carboxylic acids is 3. The van der Waals surface area contributed by atoms with Gasteiger partial charge in [-0.15, -0.1) is 0 Å². The van der Waals surface area contributed by atoms with Crippen molar-refractivity contribution in [2.75, 3.05) is 13.7 Å². The topological polar surface area (TPSA) is 78.9 Å². The van der Waals surface area contributed by atoms with E-state index in [9.17, 15) is 14.4 Å². The lowest BCUT2D eigenvalue weighted by atomic mass is 9.85. The number of ketones is 1. The maximum atomic E-state index is 12.5. The third kappa shape index (κ3) is 4.95. The molecule has 2 rings (SSSR count). The molecule has 0 saturated carbocycles. The van der Waals surface area contributed by atoms with Crippen LogP contribution in [0.25, 0.3) is 0 Å². The summed E-state index contributed by atoms with van der Waals surface area (Å²) in [5.74, 6) is -1.54. The zero-order chi connectivity index (χ0) is 20.1. The van der Waals surface area contributed by atoms with Gasteiger partial charge in [-0.2, -0.15) is 0 Å². The lowest BCUT2D eigenvalue weighted by molar-refractivity contribution is -0.147. The van der Waals surface area contributed by atoms with E-state index in [1.54, 1.807) is 6.08 Å². The smallest absolute Gasteiger partial charge is 0.334 e. The van der Waals surface area contributed by atoms with Gasteiger partial charge in [-0.25, -0.2) is 4.79 Å². The summed E-state index contributed by atoms with van der Waals surface area (Å²) in [7, 11) is 1.53. The van der Waals surface area contributed by atoms with Gasteiger partial charge in [0.25, 0.3) is 0 Å². The Labute approximate surface area is 160 Å². The number of hydrogen-bond acceptors (Lipinski definition) is 6. The summed E-state index contributed by atoms with van der Waals surface area (Å²) in [6.45, 7) is 11.5. The number of ether oxygens (including phenoxy) is 3. The first-order valence-electron chi connectivity index (χ1n) is 9.29. The van der Waals surface area contributed by atoms with Crippen LogP contribution in [0, 0.1) is 11.8 Å². The molecule has 1 saturated heterocycles. The average Bonchev–Trinajstić information content (AvgIpc) is 2.91. The lowest BCUT2D eigenvalue weighted by Gasteiger charge is -2.23. The molecule has 6 nitrogen and oxygen atoms in total. The van der Waals surface area contributed by atoms with Gasteiger partial charge in [0.05, 0.1) is 12.0 Å². The fourth-order valence-corrected chi connectivity index (χ4v) is 3.19. The van der Waals surface area contributed by atoms with Crippen molar-refractivity contribution in [2.24, 2.45) is 11.8 Å². The van der Waals surface area contributed by atoms with Crippen LogP contribution < -0.4 is 0 Å². The molecule has 4 atom stereocenters. The maximum Gasteiger partial charge on any atom is 0.334 e. The zero-order valence-corrected chi connectivity index (χ0v) is 16.3. The summed E-state index contributed by atoms with van der Waals surface area (Å²) in [6.07, 6.45) is 2.63. The predicted molar refractivity (Wildman–Crippen MR) is 99.8 cm³/mol. The van der Waals surface area contributed by atoms with E-state index in [4.69, 9.17) is 14.2 Å². The van der Waals surface area contributed by atoms with Crippen LogP contribution >= 0.6 is 0 Å². The van der Waals surface area contributed by atoms with E-state index in [2.05, 4.69) is 13.2 Å². The molecule has 1 fully saturated rings. The summed E-state index contributed by atoms with van der Waals surface area (Å²) in [5.41, 5.74) is 1.48. The van der Waals surface area contributed by atoms with Crippen LogP contribution in [0.3, 0.4) is 0 Å². The van der Waals surface area contributed by atoms with E-state index in [-0.39, 0.29) is 36.3 Å². The van der Waals surface area contributed by atoms with Crippen LogP contribution in [0.4, 0.5) is 0 Å². The van der Waals surface area contributed by atoms with E-state index in [1.807, 2.05) is 13.8 Å². The van der Waals surface area contributed by atoms with Gasteiger partial charge in [0.15, 0.2) is 5.78 Å². The van der Waals surface area contributed by atoms with Crippen LogP contribution in [0.5, 0.6) is 0 Å². The molecule has 0 bridgehead atoms. The molecule has 2 aliphatic rings. The minimum atomic E-state index is -0.585. The van der Waals surface area contributed by atoms with E-state index >= 15 is 0 Å². The number of esters is 2. The molecule has 0 aromatic rings. The molecule has 1 unspecified atom stereocenters. The molecule has 0 radical (unpaired) electrons. The molecule has 0 spiro atoms. The van der Waals surface area contributed by atoms with Gasteiger partial charge in [0.2, 0.25) is 0 Å². The second kappa shape index (κ2) is 9.13. The minimum absolute atomic E-state index is 0.0877. The van der Waals surface area contributed by atoms with Crippen molar-refractivity contribution in [3.8, 4) is 0 Å². The molecular formula is C21H28O6. The third-order valence-corrected chi connectivity index (χ3v) is 5.33. The Hall–Kier alpha value is -2.21. The van der Waals surface area contributed by atoms with Crippen molar-refractivity contribution in [3.05, 3.63) is 36.0 Å². The Bertz CT molecular complexity index is 674. The molecule has 0 aromatic carbocycles. The summed E-state index contributed by atoms with van der Waals surface area (Å²) in [4.78, 5) is 36.5. The van der Waals surface area contributed by atoms with Gasteiger partial charge in [0, 0.05) is 30.6 Å². The number of rotatable bonds is 5. The van der Waals surface area contributed by atoms with Crippen LogP contribution in [0.15, 0.2) is 36.0 Å². The van der Waals surface area contributed by atoms with Gasteiger partial charge < -0.3 is 14.2 Å². The van der Waals surface area contributed by atoms with Crippen molar-refractivity contribution >= 4 is 17.7 Å². The fourth-order valence-electron chi connectivity index (χ4n) is 3.19. The van der Waals surface area contributed by atoms with Crippen molar-refractivity contribution in [1.29, 1.82) is 0 Å². The SMILES string of the molecule is C=C1C(=O)C[C@H]2C(=C)C(=O)O[C@@H]2C=C(COC(=O)C(C)CC)CC[C@@H]1OC. The Morgan fingerprint density at radius 1 is 1.33 bits per heavy atom. The van der Waals surface area contributed by atoms with Gasteiger partial charge in [-0.1, -0.05) is 27.0 Å². The lowest BCUT2D eigenvalue weighted by Crippen LogP contribution is -2.27. The van der Waals surface area contributed by atoms with E-state index in [0.717, 1.165) is 5.57 Å². The molecule has 27 heavy (non-hydrogen) atoms. The average molecular weight is 376 g/mol. The van der Waals surface area contributed by atoms with E-state index < -0.39 is 24.1 Å². The number of hydrogen-bond donors (Lipinski definition) is 0. The predicted octanol–water partition coefficient (Wildman–Crippen LogP) is 2.92. The summed E-state index contributed by atoms with van der Waals surface area (Å²) < 4.78 is 16.2. The van der Waals surface area contributed by atoms with Crippen molar-refractivity contribution in [3.63, 3.8) is 0 Å². The molecule has 1 heterocycles. The zero-order valence-electron chi connectivity index (χ0n) is 16.3. The quantitative estimate of drug-likeness (QED) is 0.417. The first-order valence-corrected chi connectivity index (χ1v) is 9.29. The summed E-state index contributed by atoms with van der Waals surface area (Å²) >= 11 is 0. The molecular weight excluding hydrogens is 348 g/mol. The molecule has 0 aromatic heterocycles. The Morgan fingerprint density at radius 3 is 2.67 bits per heavy atom. The number of Topliss-reactive ketones (excluding diaryl/α,β-unsaturated/α-hetero) is 1. The van der Waals surface area contributed by atoms with E-state index in [0.29, 0.717) is 24.8 Å². The molecule has 1 aliphatic carbocycles. The maximum absolute atomic E-state index is 12.5. The normalized spacial score (nSPS) is 27.5. The number of fused-ring (bicyclic) bond motifs is 1. The van der Waals surface area contributed by atoms with Crippen molar-refractivity contribution in [1.82, 2.24) is 0 Å². The highest BCUT2D eigenvalue weighted by molar-refractivity contribution is 5.98. The molecule has 148 valence electrons. The van der Waals surface area contributed by atoms with Crippen LogP contribution in [0.1, 0.15) is 39.5 Å². The highest BCUT2D eigenvalue weighted by Gasteiger charge is 2.40. The molecule has 6 heteroatoms. The Kier molecular flexibility index (Phi) is 7.13. The van der Waals surface area contributed by atoms with E-state index in [1.165, 1.54) is 7.11 Å². The fraction of sp³-hybridized carbons (Fsp3) is 0.571. The highest BCUT2D eigenvalue weighted by atomic mass is 16.6. The minimum Gasteiger partial charge on any atom is -0.461 e. The number of methoxy groups -OCH3 is 1. The van der Waals surface area contributed by atoms with Crippen LogP contribution in [-0.2, 0) is 28.6 Å².